The van der Waals surface area contributed by atoms with E-state index in [0.29, 0.717) is 6.07 Å². The van der Waals surface area contributed by atoms with Gasteiger partial charge < -0.3 is 10.1 Å². The maximum absolute atomic E-state index is 13.0. The molecule has 0 saturated heterocycles. The number of aromatic nitrogens is 1. The average molecular weight is 231 g/mol. The lowest BCUT2D eigenvalue weighted by atomic mass is 10.2. The molecule has 16 heavy (non-hydrogen) atoms. The minimum Gasteiger partial charge on any atom is -0.358 e. The fourth-order valence-electron chi connectivity index (χ4n) is 1.06. The van der Waals surface area contributed by atoms with Gasteiger partial charge in [0.1, 0.15) is 0 Å². The van der Waals surface area contributed by atoms with Gasteiger partial charge in [0.2, 0.25) is 0 Å². The van der Waals surface area contributed by atoms with Crippen LogP contribution in [0.25, 0.3) is 0 Å². The Morgan fingerprint density at radius 3 is 2.69 bits per heavy atom. The fourth-order valence-corrected chi connectivity index (χ4v) is 1.06. The van der Waals surface area contributed by atoms with Crippen LogP contribution in [0.2, 0.25) is 0 Å². The van der Waals surface area contributed by atoms with Gasteiger partial charge in [0, 0.05) is 0 Å². The van der Waals surface area contributed by atoms with E-state index in [-0.39, 0.29) is 5.56 Å². The Labute approximate surface area is 87.3 Å². The summed E-state index contributed by atoms with van der Waals surface area (Å²) in [5, 5.41) is 18.8. The molecule has 0 saturated carbocycles. The molecule has 5 nitrogen and oxygen atoms in total. The third-order valence-electron chi connectivity index (χ3n) is 1.71. The molecule has 0 atom stereocenters. The quantitative estimate of drug-likeness (QED) is 0.589. The van der Waals surface area contributed by atoms with Gasteiger partial charge in [0.05, 0.1) is 18.1 Å². The molecule has 0 aliphatic heterocycles. The maximum atomic E-state index is 13.0. The van der Waals surface area contributed by atoms with Crippen molar-refractivity contribution in [1.29, 1.82) is 5.26 Å². The lowest BCUT2D eigenvalue weighted by Gasteiger charge is -2.01. The molecule has 0 aliphatic rings. The summed E-state index contributed by atoms with van der Waals surface area (Å²) in [5.41, 5.74) is -1.61. The van der Waals surface area contributed by atoms with Gasteiger partial charge in [-0.3, -0.25) is 0 Å². The van der Waals surface area contributed by atoms with Gasteiger partial charge in [-0.1, -0.05) is 0 Å². The average Bonchev–Trinajstić information content (AvgIpc) is 2.17. The molecule has 1 aromatic heterocycles. The van der Waals surface area contributed by atoms with E-state index in [4.69, 9.17) is 5.26 Å². The van der Waals surface area contributed by atoms with Crippen LogP contribution in [-0.4, -0.2) is 9.91 Å². The van der Waals surface area contributed by atoms with Crippen molar-refractivity contribution in [2.45, 2.75) is 12.8 Å². The van der Waals surface area contributed by atoms with E-state index in [9.17, 15) is 23.3 Å². The SMILES string of the molecule is N#CCc1cc(F)c(C(F)F)nc1[N+](=O)[O-]. The van der Waals surface area contributed by atoms with Crippen LogP contribution < -0.4 is 0 Å². The molecular formula is C8H4F3N3O2. The highest BCUT2D eigenvalue weighted by Crippen LogP contribution is 2.25. The van der Waals surface area contributed by atoms with Crippen LogP contribution >= 0.6 is 0 Å². The van der Waals surface area contributed by atoms with Crippen LogP contribution in [0.1, 0.15) is 17.7 Å². The Morgan fingerprint density at radius 2 is 2.25 bits per heavy atom. The predicted molar refractivity (Wildman–Crippen MR) is 45.1 cm³/mol. The molecule has 0 aliphatic carbocycles. The molecule has 0 fully saturated rings. The number of alkyl halides is 2. The van der Waals surface area contributed by atoms with Gasteiger partial charge >= 0.3 is 12.2 Å². The summed E-state index contributed by atoms with van der Waals surface area (Å²) < 4.78 is 37.4. The number of nitro groups is 1. The first-order valence-corrected chi connectivity index (χ1v) is 3.96. The van der Waals surface area contributed by atoms with Crippen molar-refractivity contribution in [3.05, 3.63) is 33.3 Å². The number of nitrogens with zero attached hydrogens (tertiary/aromatic N) is 3. The van der Waals surface area contributed by atoms with E-state index in [1.807, 2.05) is 0 Å². The number of hydrogen-bond donors (Lipinski definition) is 0. The van der Waals surface area contributed by atoms with Crippen molar-refractivity contribution in [3.8, 4) is 6.07 Å². The van der Waals surface area contributed by atoms with Gasteiger partial charge in [-0.15, -0.1) is 0 Å². The molecule has 1 rings (SSSR count). The lowest BCUT2D eigenvalue weighted by molar-refractivity contribution is -0.390. The van der Waals surface area contributed by atoms with Crippen molar-refractivity contribution < 1.29 is 18.1 Å². The third kappa shape index (κ3) is 2.25. The van der Waals surface area contributed by atoms with Crippen molar-refractivity contribution in [2.75, 3.05) is 0 Å². The second-order valence-electron chi connectivity index (χ2n) is 2.73. The van der Waals surface area contributed by atoms with Crippen LogP contribution in [0.15, 0.2) is 6.07 Å². The fraction of sp³-hybridized carbons (Fsp3) is 0.250. The molecule has 84 valence electrons. The molecule has 0 radical (unpaired) electrons. The summed E-state index contributed by atoms with van der Waals surface area (Å²) in [5.74, 6) is -2.27. The molecule has 0 bridgehead atoms. The van der Waals surface area contributed by atoms with E-state index >= 15 is 0 Å². The molecule has 1 aromatic rings. The van der Waals surface area contributed by atoms with Gasteiger partial charge in [-0.05, 0) is 16.0 Å². The smallest absolute Gasteiger partial charge is 0.358 e. The van der Waals surface area contributed by atoms with Gasteiger partial charge in [-0.2, -0.15) is 5.26 Å². The first-order valence-electron chi connectivity index (χ1n) is 3.96. The molecule has 1 heterocycles. The summed E-state index contributed by atoms with van der Waals surface area (Å²) in [6, 6.07) is 2.09. The zero-order valence-corrected chi connectivity index (χ0v) is 7.65. The van der Waals surface area contributed by atoms with E-state index < -0.39 is 35.1 Å². The number of halogens is 3. The first-order chi connectivity index (χ1) is 7.47. The van der Waals surface area contributed by atoms with E-state index in [0.717, 1.165) is 0 Å². The second kappa shape index (κ2) is 4.57. The number of hydrogen-bond acceptors (Lipinski definition) is 4. The van der Waals surface area contributed by atoms with Crippen molar-refractivity contribution in [2.24, 2.45) is 0 Å². The Balaban J connectivity index is 3.38. The second-order valence-corrected chi connectivity index (χ2v) is 2.73. The summed E-state index contributed by atoms with van der Waals surface area (Å²) in [6.45, 7) is 0. The Hall–Kier alpha value is -2.17. The summed E-state index contributed by atoms with van der Waals surface area (Å²) >= 11 is 0. The van der Waals surface area contributed by atoms with Gasteiger partial charge in [-0.25, -0.2) is 13.2 Å². The largest absolute Gasteiger partial charge is 0.368 e. The van der Waals surface area contributed by atoms with E-state index in [2.05, 4.69) is 4.98 Å². The van der Waals surface area contributed by atoms with Crippen LogP contribution in [-0.2, 0) is 6.42 Å². The van der Waals surface area contributed by atoms with Crippen LogP contribution in [0.3, 0.4) is 0 Å². The predicted octanol–water partition coefficient (Wildman–Crippen LogP) is 2.13. The Morgan fingerprint density at radius 1 is 1.62 bits per heavy atom. The summed E-state index contributed by atoms with van der Waals surface area (Å²) in [6.07, 6.45) is -3.71. The number of pyridine rings is 1. The Kier molecular flexibility index (Phi) is 3.40. The molecular weight excluding hydrogens is 227 g/mol. The lowest BCUT2D eigenvalue weighted by Crippen LogP contribution is -2.04. The summed E-state index contributed by atoms with van der Waals surface area (Å²) in [7, 11) is 0. The van der Waals surface area contributed by atoms with Crippen molar-refractivity contribution in [1.82, 2.24) is 4.98 Å². The van der Waals surface area contributed by atoms with Crippen LogP contribution in [0.4, 0.5) is 19.0 Å². The van der Waals surface area contributed by atoms with Gasteiger partial charge in [0.15, 0.2) is 5.82 Å². The highest BCUT2D eigenvalue weighted by atomic mass is 19.3. The minimum atomic E-state index is -3.24. The highest BCUT2D eigenvalue weighted by Gasteiger charge is 2.27. The maximum Gasteiger partial charge on any atom is 0.368 e. The van der Waals surface area contributed by atoms with Crippen molar-refractivity contribution >= 4 is 5.82 Å². The van der Waals surface area contributed by atoms with Crippen LogP contribution in [0.5, 0.6) is 0 Å². The summed E-state index contributed by atoms with van der Waals surface area (Å²) in [4.78, 5) is 12.3. The highest BCUT2D eigenvalue weighted by molar-refractivity contribution is 5.37. The zero-order chi connectivity index (χ0) is 12.3. The normalized spacial score (nSPS) is 10.2. The molecule has 0 amide bonds. The first kappa shape index (κ1) is 11.9. The molecule has 8 heteroatoms. The number of nitriles is 1. The topological polar surface area (TPSA) is 79.8 Å². The van der Waals surface area contributed by atoms with E-state index in [1.54, 1.807) is 6.07 Å². The molecule has 0 N–H and O–H groups in total. The van der Waals surface area contributed by atoms with E-state index in [1.165, 1.54) is 0 Å². The Bertz CT molecular complexity index is 470. The molecule has 0 aromatic carbocycles. The zero-order valence-electron chi connectivity index (χ0n) is 7.65. The standard InChI is InChI=1S/C8H4F3N3O2/c9-5-3-4(1-2-12)8(14(15)16)13-6(5)7(10)11/h3,7H,1H2. The third-order valence-corrected chi connectivity index (χ3v) is 1.71. The molecule has 0 spiro atoms. The van der Waals surface area contributed by atoms with Gasteiger partial charge in [0.25, 0.3) is 5.69 Å². The van der Waals surface area contributed by atoms with Crippen LogP contribution in [0, 0.1) is 27.3 Å². The van der Waals surface area contributed by atoms with Crippen molar-refractivity contribution in [3.63, 3.8) is 0 Å². The minimum absolute atomic E-state index is 0.325. The number of rotatable bonds is 3. The monoisotopic (exact) mass is 231 g/mol. The molecule has 0 unspecified atom stereocenters.